The highest BCUT2D eigenvalue weighted by atomic mass is 35.5. The Bertz CT molecular complexity index is 392. The molecule has 0 spiro atoms. The Morgan fingerprint density at radius 3 is 2.76 bits per heavy atom. The number of halogens is 1. The van der Waals surface area contributed by atoms with E-state index in [4.69, 9.17) is 16.3 Å². The van der Waals surface area contributed by atoms with Crippen molar-refractivity contribution in [3.63, 3.8) is 0 Å². The molecule has 2 rings (SSSR count). The summed E-state index contributed by atoms with van der Waals surface area (Å²) in [7, 11) is 0. The van der Waals surface area contributed by atoms with Gasteiger partial charge in [0.1, 0.15) is 0 Å². The molecule has 17 heavy (non-hydrogen) atoms. The van der Waals surface area contributed by atoms with Crippen LogP contribution in [-0.4, -0.2) is 24.8 Å². The molecule has 2 nitrogen and oxygen atoms in total. The molecule has 1 atom stereocenters. The van der Waals surface area contributed by atoms with Gasteiger partial charge in [0, 0.05) is 24.7 Å². The van der Waals surface area contributed by atoms with Crippen LogP contribution in [0.3, 0.4) is 0 Å². The quantitative estimate of drug-likeness (QED) is 0.749. The third-order valence-corrected chi connectivity index (χ3v) is 3.33. The smallest absolute Gasteiger partial charge is 0.0805 e. The first-order chi connectivity index (χ1) is 8.02. The molecular formula is C14H20ClNO. The minimum atomic E-state index is -0.100. The number of para-hydroxylation sites is 1. The predicted octanol–water partition coefficient (Wildman–Crippen LogP) is 3.43. The van der Waals surface area contributed by atoms with Crippen LogP contribution < -0.4 is 4.90 Å². The van der Waals surface area contributed by atoms with Crippen molar-refractivity contribution < 1.29 is 4.74 Å². The summed E-state index contributed by atoms with van der Waals surface area (Å²) in [5.74, 6) is 0.558. The topological polar surface area (TPSA) is 12.5 Å². The van der Waals surface area contributed by atoms with Crippen LogP contribution in [0.25, 0.3) is 0 Å². The Balaban J connectivity index is 2.27. The molecule has 0 aliphatic carbocycles. The van der Waals surface area contributed by atoms with Crippen molar-refractivity contribution in [1.82, 2.24) is 0 Å². The van der Waals surface area contributed by atoms with Crippen molar-refractivity contribution in [1.29, 1.82) is 0 Å². The second kappa shape index (κ2) is 4.87. The van der Waals surface area contributed by atoms with Crippen molar-refractivity contribution in [2.75, 3.05) is 18.0 Å². The highest BCUT2D eigenvalue weighted by Gasteiger charge is 2.31. The van der Waals surface area contributed by atoms with Gasteiger partial charge in [-0.1, -0.05) is 18.2 Å². The fourth-order valence-electron chi connectivity index (χ4n) is 2.57. The fourth-order valence-corrected chi connectivity index (χ4v) is 2.80. The van der Waals surface area contributed by atoms with Crippen LogP contribution >= 0.6 is 11.6 Å². The number of benzene rings is 1. The van der Waals surface area contributed by atoms with Gasteiger partial charge >= 0.3 is 0 Å². The van der Waals surface area contributed by atoms with Crippen LogP contribution in [0.1, 0.15) is 26.3 Å². The lowest BCUT2D eigenvalue weighted by Gasteiger charge is -2.43. The highest BCUT2D eigenvalue weighted by molar-refractivity contribution is 6.17. The van der Waals surface area contributed by atoms with Crippen LogP contribution in [0.15, 0.2) is 24.3 Å². The Labute approximate surface area is 109 Å². The molecular weight excluding hydrogens is 234 g/mol. The van der Waals surface area contributed by atoms with Gasteiger partial charge in [-0.15, -0.1) is 11.6 Å². The molecule has 1 unspecified atom stereocenters. The van der Waals surface area contributed by atoms with Gasteiger partial charge in [-0.2, -0.15) is 0 Å². The van der Waals surface area contributed by atoms with Crippen molar-refractivity contribution in [3.8, 4) is 0 Å². The van der Waals surface area contributed by atoms with Gasteiger partial charge in [-0.25, -0.2) is 0 Å². The molecule has 0 radical (unpaired) electrons. The average molecular weight is 254 g/mol. The Morgan fingerprint density at radius 1 is 1.41 bits per heavy atom. The molecule has 1 aromatic rings. The zero-order valence-corrected chi connectivity index (χ0v) is 11.5. The number of nitrogens with zero attached hydrogens (tertiary/aromatic N) is 1. The first kappa shape index (κ1) is 12.7. The number of hydrogen-bond donors (Lipinski definition) is 0. The normalized spacial score (nSPS) is 23.8. The zero-order valence-electron chi connectivity index (χ0n) is 10.7. The molecule has 0 saturated carbocycles. The lowest BCUT2D eigenvalue weighted by molar-refractivity contribution is -0.0750. The number of alkyl halides is 1. The molecule has 3 heteroatoms. The Hall–Kier alpha value is -0.730. The molecule has 0 aromatic heterocycles. The van der Waals surface area contributed by atoms with E-state index in [2.05, 4.69) is 43.9 Å². The molecule has 1 aliphatic rings. The molecule has 1 heterocycles. The second-order valence-electron chi connectivity index (χ2n) is 5.33. The number of anilines is 1. The fraction of sp³-hybridized carbons (Fsp3) is 0.571. The summed E-state index contributed by atoms with van der Waals surface area (Å²) in [6, 6.07) is 8.34. The molecule has 1 aromatic carbocycles. The third kappa shape index (κ3) is 2.93. The van der Waals surface area contributed by atoms with E-state index < -0.39 is 0 Å². The van der Waals surface area contributed by atoms with Crippen LogP contribution in [0.2, 0.25) is 0 Å². The van der Waals surface area contributed by atoms with Gasteiger partial charge in [0.15, 0.2) is 0 Å². The van der Waals surface area contributed by atoms with Gasteiger partial charge in [0.05, 0.1) is 11.7 Å². The van der Waals surface area contributed by atoms with Gasteiger partial charge in [-0.05, 0) is 32.4 Å². The van der Waals surface area contributed by atoms with Crippen LogP contribution in [0.4, 0.5) is 5.69 Å². The summed E-state index contributed by atoms with van der Waals surface area (Å²) in [4.78, 5) is 2.38. The maximum Gasteiger partial charge on any atom is 0.0805 e. The van der Waals surface area contributed by atoms with Gasteiger partial charge in [0.25, 0.3) is 0 Å². The molecule has 1 saturated heterocycles. The van der Waals surface area contributed by atoms with E-state index in [1.807, 2.05) is 6.07 Å². The molecule has 0 bridgehead atoms. The Morgan fingerprint density at radius 2 is 2.12 bits per heavy atom. The van der Waals surface area contributed by atoms with E-state index in [0.717, 1.165) is 13.1 Å². The summed E-state index contributed by atoms with van der Waals surface area (Å²) in [6.07, 6.45) is 0.252. The predicted molar refractivity (Wildman–Crippen MR) is 72.8 cm³/mol. The van der Waals surface area contributed by atoms with E-state index >= 15 is 0 Å². The number of rotatable bonds is 2. The maximum atomic E-state index is 6.00. The lowest BCUT2D eigenvalue weighted by atomic mass is 10.0. The number of ether oxygens (including phenoxy) is 1. The maximum absolute atomic E-state index is 6.00. The minimum absolute atomic E-state index is 0.100. The number of hydrogen-bond acceptors (Lipinski definition) is 2. The largest absolute Gasteiger partial charge is 0.369 e. The van der Waals surface area contributed by atoms with Crippen LogP contribution in [-0.2, 0) is 10.6 Å². The van der Waals surface area contributed by atoms with E-state index in [9.17, 15) is 0 Å². The molecule has 1 fully saturated rings. The zero-order chi connectivity index (χ0) is 12.5. The molecule has 1 aliphatic heterocycles. The summed E-state index contributed by atoms with van der Waals surface area (Å²) in [5, 5.41) is 0. The first-order valence-electron chi connectivity index (χ1n) is 6.08. The van der Waals surface area contributed by atoms with E-state index in [0.29, 0.717) is 5.88 Å². The highest BCUT2D eigenvalue weighted by Crippen LogP contribution is 2.29. The van der Waals surface area contributed by atoms with Crippen LogP contribution in [0, 0.1) is 0 Å². The first-order valence-corrected chi connectivity index (χ1v) is 6.62. The van der Waals surface area contributed by atoms with Crippen LogP contribution in [0.5, 0.6) is 0 Å². The standard InChI is InChI=1S/C14H20ClNO/c1-11-9-16(10-14(2,3)17-11)13-7-5-4-6-12(13)8-15/h4-7,11H,8-10H2,1-3H3. The summed E-state index contributed by atoms with van der Waals surface area (Å²) in [5.41, 5.74) is 2.33. The summed E-state index contributed by atoms with van der Waals surface area (Å²) < 4.78 is 5.92. The van der Waals surface area contributed by atoms with Gasteiger partial charge in [-0.3, -0.25) is 0 Å². The second-order valence-corrected chi connectivity index (χ2v) is 5.60. The Kier molecular flexibility index (Phi) is 3.64. The lowest BCUT2D eigenvalue weighted by Crippen LogP contribution is -2.52. The summed E-state index contributed by atoms with van der Waals surface area (Å²) in [6.45, 7) is 8.23. The SMILES string of the molecule is CC1CN(c2ccccc2CCl)CC(C)(C)O1. The van der Waals surface area contributed by atoms with Crippen molar-refractivity contribution >= 4 is 17.3 Å². The van der Waals surface area contributed by atoms with Crippen molar-refractivity contribution in [2.45, 2.75) is 38.4 Å². The number of morpholine rings is 1. The molecule has 0 N–H and O–H groups in total. The van der Waals surface area contributed by atoms with Crippen molar-refractivity contribution in [3.05, 3.63) is 29.8 Å². The van der Waals surface area contributed by atoms with Gasteiger partial charge in [0.2, 0.25) is 0 Å². The van der Waals surface area contributed by atoms with Gasteiger partial charge < -0.3 is 9.64 Å². The average Bonchev–Trinajstić information content (AvgIpc) is 2.26. The molecule has 0 amide bonds. The van der Waals surface area contributed by atoms with E-state index in [1.54, 1.807) is 0 Å². The molecule has 94 valence electrons. The monoisotopic (exact) mass is 253 g/mol. The minimum Gasteiger partial charge on any atom is -0.369 e. The van der Waals surface area contributed by atoms with E-state index in [-0.39, 0.29) is 11.7 Å². The third-order valence-electron chi connectivity index (χ3n) is 3.05. The van der Waals surface area contributed by atoms with E-state index in [1.165, 1.54) is 11.3 Å². The van der Waals surface area contributed by atoms with Crippen molar-refractivity contribution in [2.24, 2.45) is 0 Å². The summed E-state index contributed by atoms with van der Waals surface area (Å²) >= 11 is 6.00.